The number of ether oxygens (including phenoxy) is 1. The zero-order valence-electron chi connectivity index (χ0n) is 17.7. The molecule has 168 valence electrons. The average molecular weight is 458 g/mol. The Morgan fingerprint density at radius 3 is 2.12 bits per heavy atom. The number of nitrogens with one attached hydrogen (secondary N) is 1. The lowest BCUT2D eigenvalue weighted by Gasteiger charge is -2.18. The second-order valence-corrected chi connectivity index (χ2v) is 9.36. The van der Waals surface area contributed by atoms with Gasteiger partial charge in [0.15, 0.2) is 0 Å². The van der Waals surface area contributed by atoms with Gasteiger partial charge in [0.25, 0.3) is 0 Å². The van der Waals surface area contributed by atoms with E-state index in [0.717, 1.165) is 16.7 Å². The van der Waals surface area contributed by atoms with Crippen molar-refractivity contribution >= 4 is 16.0 Å². The Morgan fingerprint density at radius 2 is 1.59 bits per heavy atom. The molecule has 3 aromatic carbocycles. The highest BCUT2D eigenvalue weighted by molar-refractivity contribution is 7.89. The molecule has 0 radical (unpaired) electrons. The molecule has 8 heteroatoms. The van der Waals surface area contributed by atoms with Crippen molar-refractivity contribution in [3.05, 3.63) is 84.2 Å². The van der Waals surface area contributed by atoms with Gasteiger partial charge in [0, 0.05) is 6.07 Å². The molecule has 0 bridgehead atoms. The van der Waals surface area contributed by atoms with Crippen LogP contribution in [0, 0.1) is 11.7 Å². The normalized spacial score (nSPS) is 12.5. The highest BCUT2D eigenvalue weighted by Crippen LogP contribution is 2.23. The van der Waals surface area contributed by atoms with E-state index >= 15 is 0 Å². The van der Waals surface area contributed by atoms with E-state index in [4.69, 9.17) is 4.74 Å². The Morgan fingerprint density at radius 1 is 1.00 bits per heavy atom. The van der Waals surface area contributed by atoms with Crippen molar-refractivity contribution < 1.29 is 27.4 Å². The second-order valence-electron chi connectivity index (χ2n) is 7.65. The molecule has 0 aliphatic rings. The molecule has 0 saturated heterocycles. The Labute approximate surface area is 186 Å². The topological polar surface area (TPSA) is 92.7 Å². The predicted molar refractivity (Wildman–Crippen MR) is 119 cm³/mol. The summed E-state index contributed by atoms with van der Waals surface area (Å²) in [5.74, 6) is -1.53. The lowest BCUT2D eigenvalue weighted by Crippen LogP contribution is -2.44. The smallest absolute Gasteiger partial charge is 0.322 e. The summed E-state index contributed by atoms with van der Waals surface area (Å²) < 4.78 is 46.1. The average Bonchev–Trinajstić information content (AvgIpc) is 2.76. The monoisotopic (exact) mass is 457 g/mol. The van der Waals surface area contributed by atoms with Crippen molar-refractivity contribution in [3.8, 4) is 16.9 Å². The number of rotatable bonds is 9. The van der Waals surface area contributed by atoms with Crippen LogP contribution in [0.3, 0.4) is 0 Å². The summed E-state index contributed by atoms with van der Waals surface area (Å²) in [4.78, 5) is 11.3. The fourth-order valence-electron chi connectivity index (χ4n) is 3.05. The van der Waals surface area contributed by atoms with E-state index in [1.807, 2.05) is 24.3 Å². The number of carboxylic acids is 1. The van der Waals surface area contributed by atoms with E-state index in [-0.39, 0.29) is 17.3 Å². The van der Waals surface area contributed by atoms with Gasteiger partial charge in [-0.2, -0.15) is 4.72 Å². The zero-order valence-corrected chi connectivity index (χ0v) is 18.5. The van der Waals surface area contributed by atoms with Crippen LogP contribution in [-0.2, 0) is 21.4 Å². The number of hydrogen-bond donors (Lipinski definition) is 2. The Hall–Kier alpha value is -3.23. The minimum Gasteiger partial charge on any atom is -0.489 e. The Balaban J connectivity index is 1.68. The molecule has 0 aliphatic carbocycles. The predicted octanol–water partition coefficient (Wildman–Crippen LogP) is 4.46. The summed E-state index contributed by atoms with van der Waals surface area (Å²) >= 11 is 0. The highest BCUT2D eigenvalue weighted by Gasteiger charge is 2.27. The van der Waals surface area contributed by atoms with Gasteiger partial charge in [-0.15, -0.1) is 0 Å². The molecule has 0 fully saturated rings. The summed E-state index contributed by atoms with van der Waals surface area (Å²) in [6, 6.07) is 18.5. The Kier molecular flexibility index (Phi) is 7.27. The van der Waals surface area contributed by atoms with E-state index in [9.17, 15) is 22.7 Å². The van der Waals surface area contributed by atoms with Gasteiger partial charge in [0.05, 0.1) is 4.90 Å². The number of sulfonamides is 1. The highest BCUT2D eigenvalue weighted by atomic mass is 32.2. The Bertz CT molecular complexity index is 1180. The number of carboxylic acid groups (broad SMARTS) is 1. The quantitative estimate of drug-likeness (QED) is 0.495. The molecule has 32 heavy (non-hydrogen) atoms. The maximum absolute atomic E-state index is 13.2. The van der Waals surface area contributed by atoms with Crippen LogP contribution in [0.25, 0.3) is 11.1 Å². The van der Waals surface area contributed by atoms with Crippen LogP contribution in [-0.4, -0.2) is 25.5 Å². The maximum atomic E-state index is 13.2. The van der Waals surface area contributed by atoms with E-state index in [1.54, 1.807) is 38.1 Å². The lowest BCUT2D eigenvalue weighted by molar-refractivity contribution is -0.140. The van der Waals surface area contributed by atoms with Crippen molar-refractivity contribution in [2.24, 2.45) is 5.92 Å². The summed E-state index contributed by atoms with van der Waals surface area (Å²) in [5.41, 5.74) is 2.58. The van der Waals surface area contributed by atoms with Gasteiger partial charge < -0.3 is 9.84 Å². The van der Waals surface area contributed by atoms with Crippen LogP contribution >= 0.6 is 0 Å². The number of hydrogen-bond acceptors (Lipinski definition) is 4. The third-order valence-electron chi connectivity index (χ3n) is 4.87. The molecule has 0 aromatic heterocycles. The van der Waals surface area contributed by atoms with Crippen molar-refractivity contribution in [1.82, 2.24) is 4.72 Å². The van der Waals surface area contributed by atoms with E-state index in [2.05, 4.69) is 4.72 Å². The first-order valence-corrected chi connectivity index (χ1v) is 11.5. The molecular formula is C24H24FNO5S. The molecule has 0 heterocycles. The van der Waals surface area contributed by atoms with Gasteiger partial charge >= 0.3 is 5.97 Å². The van der Waals surface area contributed by atoms with Crippen LogP contribution in [0.4, 0.5) is 4.39 Å². The minimum absolute atomic E-state index is 0.00624. The van der Waals surface area contributed by atoms with Gasteiger partial charge in [-0.25, -0.2) is 12.8 Å². The van der Waals surface area contributed by atoms with Gasteiger partial charge in [-0.3, -0.25) is 4.79 Å². The lowest BCUT2D eigenvalue weighted by atomic mass is 10.0. The molecule has 3 aromatic rings. The molecule has 6 nitrogen and oxygen atoms in total. The van der Waals surface area contributed by atoms with Crippen LogP contribution < -0.4 is 9.46 Å². The van der Waals surface area contributed by atoms with Crippen LogP contribution in [0.5, 0.6) is 5.75 Å². The summed E-state index contributed by atoms with van der Waals surface area (Å²) in [7, 11) is -3.97. The molecule has 1 atom stereocenters. The van der Waals surface area contributed by atoms with Crippen molar-refractivity contribution in [3.63, 3.8) is 0 Å². The fourth-order valence-corrected chi connectivity index (χ4v) is 4.39. The third kappa shape index (κ3) is 5.93. The molecule has 2 N–H and O–H groups in total. The van der Waals surface area contributed by atoms with Crippen LogP contribution in [0.2, 0.25) is 0 Å². The number of halogens is 1. The summed E-state index contributed by atoms with van der Waals surface area (Å²) in [5, 5.41) is 9.23. The van der Waals surface area contributed by atoms with Gasteiger partial charge in [0.2, 0.25) is 10.0 Å². The van der Waals surface area contributed by atoms with Crippen molar-refractivity contribution in [2.75, 3.05) is 0 Å². The molecule has 0 amide bonds. The van der Waals surface area contributed by atoms with E-state index in [1.165, 1.54) is 24.3 Å². The van der Waals surface area contributed by atoms with Crippen molar-refractivity contribution in [1.29, 1.82) is 0 Å². The number of aliphatic carboxylic acids is 1. The SMILES string of the molecule is CC(C)[C@@H](NS(=O)(=O)c1ccc(-c2ccc(COc3cccc(F)c3)cc2)cc1)C(=O)O. The van der Waals surface area contributed by atoms with Crippen molar-refractivity contribution in [2.45, 2.75) is 31.4 Å². The summed E-state index contributed by atoms with van der Waals surface area (Å²) in [6.45, 7) is 3.56. The number of carbonyl (C=O) groups is 1. The van der Waals surface area contributed by atoms with Crippen LogP contribution in [0.1, 0.15) is 19.4 Å². The largest absolute Gasteiger partial charge is 0.489 e. The second kappa shape index (κ2) is 9.93. The molecule has 0 unspecified atom stereocenters. The van der Waals surface area contributed by atoms with E-state index in [0.29, 0.717) is 5.75 Å². The van der Waals surface area contributed by atoms with E-state index < -0.39 is 28.0 Å². The standard InChI is InChI=1S/C24H24FNO5S/c1-16(2)23(24(27)28)26-32(29,30)22-12-10-19(11-13-22)18-8-6-17(7-9-18)15-31-21-5-3-4-20(25)14-21/h3-14,16,23,26H,15H2,1-2H3,(H,27,28)/t23-/m1/s1. The molecular weight excluding hydrogens is 433 g/mol. The van der Waals surface area contributed by atoms with Gasteiger partial charge in [-0.1, -0.05) is 56.3 Å². The maximum Gasteiger partial charge on any atom is 0.322 e. The fraction of sp³-hybridized carbons (Fsp3) is 0.208. The summed E-state index contributed by atoms with van der Waals surface area (Å²) in [6.07, 6.45) is 0. The molecule has 0 aliphatic heterocycles. The number of benzene rings is 3. The first-order chi connectivity index (χ1) is 15.2. The van der Waals surface area contributed by atoms with Gasteiger partial charge in [0.1, 0.15) is 24.2 Å². The first kappa shape index (κ1) is 23.4. The van der Waals surface area contributed by atoms with Gasteiger partial charge in [-0.05, 0) is 46.9 Å². The first-order valence-electron chi connectivity index (χ1n) is 9.98. The molecule has 3 rings (SSSR count). The van der Waals surface area contributed by atoms with Crippen LogP contribution in [0.15, 0.2) is 77.7 Å². The zero-order chi connectivity index (χ0) is 23.3. The molecule has 0 spiro atoms. The minimum atomic E-state index is -3.97. The third-order valence-corrected chi connectivity index (χ3v) is 6.33. The molecule has 0 saturated carbocycles.